The Bertz CT molecular complexity index is 550. The third kappa shape index (κ3) is 3.15. The van der Waals surface area contributed by atoms with Gasteiger partial charge in [-0.15, -0.1) is 0 Å². The van der Waals surface area contributed by atoms with Crippen LogP contribution in [-0.4, -0.2) is 9.78 Å². The zero-order valence-corrected chi connectivity index (χ0v) is 12.0. The quantitative estimate of drug-likeness (QED) is 0.653. The van der Waals surface area contributed by atoms with Crippen molar-refractivity contribution in [3.8, 4) is 0 Å². The molecule has 3 N–H and O–H groups in total. The Morgan fingerprint density at radius 1 is 1.42 bits per heavy atom. The smallest absolute Gasteiger partial charge is 0.0740 e. The van der Waals surface area contributed by atoms with Crippen LogP contribution in [0.2, 0.25) is 5.02 Å². The van der Waals surface area contributed by atoms with Crippen LogP contribution in [0.1, 0.15) is 36.1 Å². The highest BCUT2D eigenvalue weighted by Crippen LogP contribution is 2.25. The summed E-state index contributed by atoms with van der Waals surface area (Å²) in [4.78, 5) is 0. The first kappa shape index (κ1) is 14.1. The molecule has 0 bridgehead atoms. The fourth-order valence-electron chi connectivity index (χ4n) is 2.11. The SMILES string of the molecule is CCCn1cc(C(NN)c2ccc(Cl)c(C)c2)cn1. The van der Waals surface area contributed by atoms with E-state index in [4.69, 9.17) is 17.4 Å². The first-order chi connectivity index (χ1) is 9.15. The number of hydrazine groups is 1. The lowest BCUT2D eigenvalue weighted by molar-refractivity contribution is 0.598. The van der Waals surface area contributed by atoms with Crippen molar-refractivity contribution in [3.63, 3.8) is 0 Å². The van der Waals surface area contributed by atoms with Crippen LogP contribution in [0.25, 0.3) is 0 Å². The van der Waals surface area contributed by atoms with Crippen molar-refractivity contribution >= 4 is 11.6 Å². The third-order valence-electron chi connectivity index (χ3n) is 3.12. The molecule has 1 aromatic carbocycles. The fraction of sp³-hybridized carbons (Fsp3) is 0.357. The number of aryl methyl sites for hydroxylation is 2. The van der Waals surface area contributed by atoms with Crippen LogP contribution in [0, 0.1) is 6.92 Å². The molecule has 0 spiro atoms. The number of hydrogen-bond donors (Lipinski definition) is 2. The molecule has 0 amide bonds. The molecular formula is C14H19ClN4. The number of benzene rings is 1. The van der Waals surface area contributed by atoms with Gasteiger partial charge in [0.15, 0.2) is 0 Å². The average Bonchev–Trinajstić information content (AvgIpc) is 2.83. The Hall–Kier alpha value is -1.36. The Morgan fingerprint density at radius 2 is 2.21 bits per heavy atom. The monoisotopic (exact) mass is 278 g/mol. The van der Waals surface area contributed by atoms with E-state index in [2.05, 4.69) is 17.4 Å². The lowest BCUT2D eigenvalue weighted by Gasteiger charge is -2.15. The summed E-state index contributed by atoms with van der Waals surface area (Å²) in [5.74, 6) is 5.69. The lowest BCUT2D eigenvalue weighted by atomic mass is 10.0. The van der Waals surface area contributed by atoms with Crippen molar-refractivity contribution in [3.05, 3.63) is 52.3 Å². The average molecular weight is 279 g/mol. The Kier molecular flexibility index (Phi) is 4.58. The fourth-order valence-corrected chi connectivity index (χ4v) is 2.23. The second-order valence-electron chi connectivity index (χ2n) is 4.65. The van der Waals surface area contributed by atoms with E-state index in [1.54, 1.807) is 0 Å². The summed E-state index contributed by atoms with van der Waals surface area (Å²) in [6.45, 7) is 5.03. The predicted molar refractivity (Wildman–Crippen MR) is 77.9 cm³/mol. The number of hydrogen-bond acceptors (Lipinski definition) is 3. The standard InChI is InChI=1S/C14H19ClN4/c1-3-6-19-9-12(8-17-19)14(18-16)11-4-5-13(15)10(2)7-11/h4-5,7-9,14,18H,3,6,16H2,1-2H3. The van der Waals surface area contributed by atoms with Crippen LogP contribution in [0.4, 0.5) is 0 Å². The van der Waals surface area contributed by atoms with Gasteiger partial charge in [0, 0.05) is 23.3 Å². The van der Waals surface area contributed by atoms with Gasteiger partial charge < -0.3 is 0 Å². The van der Waals surface area contributed by atoms with Crippen LogP contribution in [0.5, 0.6) is 0 Å². The number of rotatable bonds is 5. The number of halogens is 1. The van der Waals surface area contributed by atoms with Gasteiger partial charge in [-0.25, -0.2) is 5.43 Å². The van der Waals surface area contributed by atoms with E-state index in [-0.39, 0.29) is 6.04 Å². The van der Waals surface area contributed by atoms with E-state index >= 15 is 0 Å². The first-order valence-corrected chi connectivity index (χ1v) is 6.78. The van der Waals surface area contributed by atoms with Gasteiger partial charge in [-0.05, 0) is 30.5 Å². The highest BCUT2D eigenvalue weighted by atomic mass is 35.5. The van der Waals surface area contributed by atoms with Gasteiger partial charge in [-0.2, -0.15) is 5.10 Å². The van der Waals surface area contributed by atoms with Gasteiger partial charge >= 0.3 is 0 Å². The van der Waals surface area contributed by atoms with Crippen molar-refractivity contribution < 1.29 is 0 Å². The zero-order valence-electron chi connectivity index (χ0n) is 11.2. The first-order valence-electron chi connectivity index (χ1n) is 6.40. The van der Waals surface area contributed by atoms with Crippen LogP contribution >= 0.6 is 11.6 Å². The number of nitrogens with two attached hydrogens (primary N) is 1. The number of nitrogens with one attached hydrogen (secondary N) is 1. The van der Waals surface area contributed by atoms with Gasteiger partial charge in [0.1, 0.15) is 0 Å². The van der Waals surface area contributed by atoms with E-state index in [0.29, 0.717) is 0 Å². The van der Waals surface area contributed by atoms with Crippen molar-refractivity contribution in [2.75, 3.05) is 0 Å². The van der Waals surface area contributed by atoms with E-state index in [0.717, 1.165) is 34.7 Å². The predicted octanol–water partition coefficient (Wildman–Crippen LogP) is 2.81. The van der Waals surface area contributed by atoms with Gasteiger partial charge in [0.05, 0.1) is 12.2 Å². The molecule has 1 unspecified atom stereocenters. The molecule has 2 rings (SSSR count). The highest BCUT2D eigenvalue weighted by Gasteiger charge is 2.15. The van der Waals surface area contributed by atoms with Crippen molar-refractivity contribution in [1.29, 1.82) is 0 Å². The van der Waals surface area contributed by atoms with E-state index in [1.807, 2.05) is 42.2 Å². The molecule has 0 fully saturated rings. The summed E-state index contributed by atoms with van der Waals surface area (Å²) in [5.41, 5.74) is 6.02. The summed E-state index contributed by atoms with van der Waals surface area (Å²) in [5, 5.41) is 5.10. The topological polar surface area (TPSA) is 55.9 Å². The summed E-state index contributed by atoms with van der Waals surface area (Å²) in [6.07, 6.45) is 4.93. The van der Waals surface area contributed by atoms with Gasteiger partial charge in [0.25, 0.3) is 0 Å². The van der Waals surface area contributed by atoms with Crippen LogP contribution in [-0.2, 0) is 6.54 Å². The summed E-state index contributed by atoms with van der Waals surface area (Å²) < 4.78 is 1.93. The normalized spacial score (nSPS) is 12.6. The molecule has 0 aliphatic heterocycles. The summed E-state index contributed by atoms with van der Waals surface area (Å²) >= 11 is 6.05. The largest absolute Gasteiger partial charge is 0.272 e. The molecule has 19 heavy (non-hydrogen) atoms. The van der Waals surface area contributed by atoms with E-state index in [9.17, 15) is 0 Å². The molecular weight excluding hydrogens is 260 g/mol. The highest BCUT2D eigenvalue weighted by molar-refractivity contribution is 6.31. The van der Waals surface area contributed by atoms with Gasteiger partial charge in [0.2, 0.25) is 0 Å². The van der Waals surface area contributed by atoms with Gasteiger partial charge in [-0.1, -0.05) is 30.7 Å². The molecule has 102 valence electrons. The van der Waals surface area contributed by atoms with E-state index in [1.165, 1.54) is 0 Å². The maximum atomic E-state index is 6.05. The molecule has 2 aromatic rings. The minimum atomic E-state index is -0.0680. The molecule has 0 aliphatic rings. The second kappa shape index (κ2) is 6.19. The summed E-state index contributed by atoms with van der Waals surface area (Å²) in [6, 6.07) is 5.86. The maximum Gasteiger partial charge on any atom is 0.0740 e. The molecule has 4 nitrogen and oxygen atoms in total. The number of aromatic nitrogens is 2. The molecule has 1 heterocycles. The Labute approximate surface area is 118 Å². The Morgan fingerprint density at radius 3 is 2.84 bits per heavy atom. The van der Waals surface area contributed by atoms with E-state index < -0.39 is 0 Å². The van der Waals surface area contributed by atoms with Gasteiger partial charge in [-0.3, -0.25) is 10.5 Å². The molecule has 1 atom stereocenters. The molecule has 0 aliphatic carbocycles. The third-order valence-corrected chi connectivity index (χ3v) is 3.55. The van der Waals surface area contributed by atoms with Crippen LogP contribution < -0.4 is 11.3 Å². The second-order valence-corrected chi connectivity index (χ2v) is 5.05. The van der Waals surface area contributed by atoms with Crippen molar-refractivity contribution in [2.24, 2.45) is 5.84 Å². The lowest BCUT2D eigenvalue weighted by Crippen LogP contribution is -2.28. The summed E-state index contributed by atoms with van der Waals surface area (Å²) in [7, 11) is 0. The molecule has 0 radical (unpaired) electrons. The molecule has 1 aromatic heterocycles. The minimum Gasteiger partial charge on any atom is -0.272 e. The van der Waals surface area contributed by atoms with Crippen molar-refractivity contribution in [1.82, 2.24) is 15.2 Å². The minimum absolute atomic E-state index is 0.0680. The molecule has 0 saturated carbocycles. The number of nitrogens with zero attached hydrogens (tertiary/aromatic N) is 2. The molecule has 0 saturated heterocycles. The van der Waals surface area contributed by atoms with Crippen molar-refractivity contribution in [2.45, 2.75) is 32.9 Å². The molecule has 5 heteroatoms. The maximum absolute atomic E-state index is 6.05. The Balaban J connectivity index is 2.29. The zero-order chi connectivity index (χ0) is 13.8. The van der Waals surface area contributed by atoms with Crippen LogP contribution in [0.15, 0.2) is 30.6 Å². The van der Waals surface area contributed by atoms with Crippen LogP contribution in [0.3, 0.4) is 0 Å².